The third-order valence-electron chi connectivity index (χ3n) is 6.01. The van der Waals surface area contributed by atoms with E-state index in [9.17, 15) is 9.18 Å². The van der Waals surface area contributed by atoms with Gasteiger partial charge in [-0.15, -0.1) is 0 Å². The predicted octanol–water partition coefficient (Wildman–Crippen LogP) is 2.62. The number of carbonyl (C=O) groups excluding carboxylic acids is 1. The third kappa shape index (κ3) is 5.10. The van der Waals surface area contributed by atoms with Crippen molar-refractivity contribution in [2.75, 3.05) is 27.3 Å². The zero-order chi connectivity index (χ0) is 22.4. The summed E-state index contributed by atoms with van der Waals surface area (Å²) in [7, 11) is 3.25. The summed E-state index contributed by atoms with van der Waals surface area (Å²) in [6, 6.07) is 10.6. The number of fused-ring (bicyclic) bond motifs is 1. The maximum atomic E-state index is 14.4. The van der Waals surface area contributed by atoms with E-state index in [0.717, 1.165) is 24.9 Å². The zero-order valence-corrected chi connectivity index (χ0v) is 18.8. The van der Waals surface area contributed by atoms with Crippen molar-refractivity contribution in [2.45, 2.75) is 45.3 Å². The molecule has 3 N–H and O–H groups in total. The van der Waals surface area contributed by atoms with Crippen molar-refractivity contribution < 1.29 is 23.6 Å². The Bertz CT molecular complexity index is 906. The van der Waals surface area contributed by atoms with E-state index >= 15 is 0 Å². The van der Waals surface area contributed by atoms with Gasteiger partial charge in [-0.2, -0.15) is 0 Å². The lowest BCUT2D eigenvalue weighted by molar-refractivity contribution is -0.948. The quantitative estimate of drug-likeness (QED) is 0.603. The number of carbonyl (C=O) groups is 1. The van der Waals surface area contributed by atoms with Crippen LogP contribution in [0.2, 0.25) is 0 Å². The van der Waals surface area contributed by atoms with Gasteiger partial charge in [-0.3, -0.25) is 0 Å². The molecule has 1 heterocycles. The van der Waals surface area contributed by atoms with Crippen molar-refractivity contribution in [2.24, 2.45) is 0 Å². The van der Waals surface area contributed by atoms with Gasteiger partial charge in [-0.25, -0.2) is 9.18 Å². The third-order valence-corrected chi connectivity index (χ3v) is 6.01. The molecule has 2 aromatic carbocycles. The minimum atomic E-state index is -0.198. The van der Waals surface area contributed by atoms with Crippen molar-refractivity contribution in [3.8, 4) is 11.5 Å². The molecule has 3 rings (SSSR count). The molecule has 2 aromatic rings. The van der Waals surface area contributed by atoms with Gasteiger partial charge in [0.2, 0.25) is 0 Å². The Labute approximate surface area is 183 Å². The molecule has 6 nitrogen and oxygen atoms in total. The van der Waals surface area contributed by atoms with E-state index < -0.39 is 0 Å². The topological polar surface area (TPSA) is 64.0 Å². The van der Waals surface area contributed by atoms with Crippen molar-refractivity contribution in [3.63, 3.8) is 0 Å². The van der Waals surface area contributed by atoms with Crippen LogP contribution in [0, 0.1) is 5.82 Å². The minimum absolute atomic E-state index is 0.0456. The number of quaternary nitrogens is 1. The molecule has 0 fully saturated rings. The Morgan fingerprint density at radius 1 is 1.19 bits per heavy atom. The van der Waals surface area contributed by atoms with Crippen LogP contribution in [-0.2, 0) is 13.0 Å². The first-order valence-corrected chi connectivity index (χ1v) is 10.9. The Balaban J connectivity index is 2.03. The van der Waals surface area contributed by atoms with Gasteiger partial charge in [0, 0.05) is 24.1 Å². The molecule has 0 saturated carbocycles. The molecular formula is C24H33FN3O3+. The Kier molecular flexibility index (Phi) is 7.74. The largest absolute Gasteiger partial charge is 0.493 e. The van der Waals surface area contributed by atoms with Gasteiger partial charge in [-0.05, 0) is 37.1 Å². The van der Waals surface area contributed by atoms with Gasteiger partial charge in [0.05, 0.1) is 26.8 Å². The fourth-order valence-electron chi connectivity index (χ4n) is 4.50. The molecule has 0 saturated heterocycles. The van der Waals surface area contributed by atoms with E-state index in [-0.39, 0.29) is 23.9 Å². The van der Waals surface area contributed by atoms with Crippen LogP contribution in [0.5, 0.6) is 11.5 Å². The summed E-state index contributed by atoms with van der Waals surface area (Å²) in [5.41, 5.74) is 2.97. The second-order valence-electron chi connectivity index (χ2n) is 7.83. The summed E-state index contributed by atoms with van der Waals surface area (Å²) >= 11 is 0. The monoisotopic (exact) mass is 430 g/mol. The van der Waals surface area contributed by atoms with Crippen LogP contribution in [0.1, 0.15) is 43.0 Å². The van der Waals surface area contributed by atoms with Crippen LogP contribution in [0.4, 0.5) is 9.18 Å². The number of methoxy groups -OCH3 is 2. The van der Waals surface area contributed by atoms with E-state index in [1.807, 2.05) is 31.2 Å². The van der Waals surface area contributed by atoms with E-state index in [4.69, 9.17) is 9.47 Å². The molecular weight excluding hydrogens is 397 g/mol. The number of hydrogen-bond donors (Lipinski definition) is 3. The van der Waals surface area contributed by atoms with Crippen molar-refractivity contribution >= 4 is 6.03 Å². The summed E-state index contributed by atoms with van der Waals surface area (Å²) in [6.45, 7) is 5.88. The molecule has 0 spiro atoms. The summed E-state index contributed by atoms with van der Waals surface area (Å²) in [5.74, 6) is 1.16. The lowest BCUT2D eigenvalue weighted by atomic mass is 9.86. The first-order valence-electron chi connectivity index (χ1n) is 10.9. The highest BCUT2D eigenvalue weighted by atomic mass is 19.1. The molecule has 1 aliphatic heterocycles. The first kappa shape index (κ1) is 22.9. The molecule has 0 radical (unpaired) electrons. The maximum Gasteiger partial charge on any atom is 0.315 e. The molecule has 1 aliphatic rings. The fraction of sp³-hybridized carbons (Fsp3) is 0.458. The average Bonchev–Trinajstić information content (AvgIpc) is 2.78. The second-order valence-corrected chi connectivity index (χ2v) is 7.83. The number of urea groups is 1. The van der Waals surface area contributed by atoms with E-state index in [1.165, 1.54) is 16.5 Å². The fourth-order valence-corrected chi connectivity index (χ4v) is 4.50. The number of benzene rings is 2. The average molecular weight is 431 g/mol. The molecule has 31 heavy (non-hydrogen) atoms. The van der Waals surface area contributed by atoms with Gasteiger partial charge in [0.1, 0.15) is 18.4 Å². The number of nitrogens with one attached hydrogen (secondary N) is 3. The van der Waals surface area contributed by atoms with Crippen LogP contribution >= 0.6 is 0 Å². The maximum absolute atomic E-state index is 14.4. The van der Waals surface area contributed by atoms with Crippen LogP contribution in [-0.4, -0.2) is 39.4 Å². The van der Waals surface area contributed by atoms with Crippen molar-refractivity contribution in [1.29, 1.82) is 0 Å². The predicted molar refractivity (Wildman–Crippen MR) is 118 cm³/mol. The molecule has 2 amide bonds. The number of hydrogen-bond acceptors (Lipinski definition) is 3. The molecule has 0 aromatic heterocycles. The van der Waals surface area contributed by atoms with Gasteiger partial charge < -0.3 is 25.0 Å². The molecule has 1 unspecified atom stereocenters. The summed E-state index contributed by atoms with van der Waals surface area (Å²) in [6.07, 6.45) is 1.59. The summed E-state index contributed by atoms with van der Waals surface area (Å²) in [5, 5.41) is 5.96. The summed E-state index contributed by atoms with van der Waals surface area (Å²) in [4.78, 5) is 13.6. The molecule has 0 bridgehead atoms. The second kappa shape index (κ2) is 10.5. The standard InChI is InChI=1S/C24H32FN3O3/c1-5-20(27-24(29)26-6-2)23-18-14-22(31-4)21(30-3)13-16(18)11-12-28(23)15-17-9-7-8-10-19(17)25/h7-10,13-14,20,23H,5-6,11-12,15H2,1-4H3,(H2,26,27,29)/p+1/t20-,23+/m0/s1. The van der Waals surface area contributed by atoms with Crippen LogP contribution < -0.4 is 25.0 Å². The van der Waals surface area contributed by atoms with Crippen LogP contribution in [0.25, 0.3) is 0 Å². The molecule has 7 heteroatoms. The Morgan fingerprint density at radius 3 is 2.55 bits per heavy atom. The lowest BCUT2D eigenvalue weighted by Gasteiger charge is -2.39. The first-order chi connectivity index (χ1) is 15.0. The Morgan fingerprint density at radius 2 is 1.90 bits per heavy atom. The zero-order valence-electron chi connectivity index (χ0n) is 18.8. The Hall–Kier alpha value is -2.80. The van der Waals surface area contributed by atoms with E-state index in [1.54, 1.807) is 20.3 Å². The molecule has 3 atom stereocenters. The SMILES string of the molecule is CCNC(=O)N[C@@H](CC)[C@H]1c2cc(OC)c(OC)cc2CC[NH+]1Cc1ccccc1F. The number of halogens is 1. The number of rotatable bonds is 8. The summed E-state index contributed by atoms with van der Waals surface area (Å²) < 4.78 is 25.5. The molecule has 0 aliphatic carbocycles. The highest BCUT2D eigenvalue weighted by Gasteiger charge is 2.38. The van der Waals surface area contributed by atoms with Gasteiger partial charge >= 0.3 is 6.03 Å². The van der Waals surface area contributed by atoms with Gasteiger partial charge in [0.25, 0.3) is 0 Å². The van der Waals surface area contributed by atoms with E-state index in [2.05, 4.69) is 17.6 Å². The number of amides is 2. The smallest absolute Gasteiger partial charge is 0.315 e. The normalized spacial score (nSPS) is 18.6. The van der Waals surface area contributed by atoms with Crippen LogP contribution in [0.15, 0.2) is 36.4 Å². The van der Waals surface area contributed by atoms with Gasteiger partial charge in [0.15, 0.2) is 11.5 Å². The van der Waals surface area contributed by atoms with Gasteiger partial charge in [-0.1, -0.05) is 25.1 Å². The van der Waals surface area contributed by atoms with E-state index in [0.29, 0.717) is 30.2 Å². The van der Waals surface area contributed by atoms with Crippen molar-refractivity contribution in [1.82, 2.24) is 10.6 Å². The van der Waals surface area contributed by atoms with Crippen molar-refractivity contribution in [3.05, 3.63) is 58.9 Å². The minimum Gasteiger partial charge on any atom is -0.493 e. The highest BCUT2D eigenvalue weighted by molar-refractivity contribution is 5.74. The number of ether oxygens (including phenoxy) is 2. The lowest BCUT2D eigenvalue weighted by Crippen LogP contribution is -3.13. The highest BCUT2D eigenvalue weighted by Crippen LogP contribution is 2.35. The molecule has 168 valence electrons. The van der Waals surface area contributed by atoms with Crippen LogP contribution in [0.3, 0.4) is 0 Å².